The van der Waals surface area contributed by atoms with E-state index < -0.39 is 6.09 Å². The maximum absolute atomic E-state index is 12.1. The van der Waals surface area contributed by atoms with Crippen LogP contribution in [-0.4, -0.2) is 42.3 Å². The predicted molar refractivity (Wildman–Crippen MR) is 81.1 cm³/mol. The third-order valence-corrected chi connectivity index (χ3v) is 4.41. The Labute approximate surface area is 132 Å². The second-order valence-corrected chi connectivity index (χ2v) is 6.16. The Balaban J connectivity index is 2.12. The smallest absolute Gasteiger partial charge is 0.407 e. The fraction of sp³-hybridized carbons (Fsp3) is 0.467. The molecule has 1 heterocycles. The normalized spacial score (nSPS) is 19.3. The van der Waals surface area contributed by atoms with Crippen molar-refractivity contribution in [3.05, 3.63) is 34.3 Å². The Morgan fingerprint density at radius 3 is 2.86 bits per heavy atom. The molecule has 2 rings (SSSR count). The first kappa shape index (κ1) is 15.8. The number of hydrogen-bond acceptors (Lipinski definition) is 3. The van der Waals surface area contributed by atoms with Gasteiger partial charge in [0.1, 0.15) is 0 Å². The molecule has 1 fully saturated rings. The van der Waals surface area contributed by atoms with E-state index in [-0.39, 0.29) is 17.8 Å². The van der Waals surface area contributed by atoms with E-state index in [1.165, 1.54) is 12.0 Å². The van der Waals surface area contributed by atoms with Crippen molar-refractivity contribution in [2.45, 2.75) is 12.8 Å². The van der Waals surface area contributed by atoms with Crippen LogP contribution in [0.15, 0.2) is 28.7 Å². The van der Waals surface area contributed by atoms with Gasteiger partial charge in [0.2, 0.25) is 0 Å². The topological polar surface area (TPSA) is 66.8 Å². The summed E-state index contributed by atoms with van der Waals surface area (Å²) < 4.78 is 5.87. The highest BCUT2D eigenvalue weighted by Crippen LogP contribution is 2.29. The molecule has 0 saturated carbocycles. The van der Waals surface area contributed by atoms with Crippen molar-refractivity contribution in [2.24, 2.45) is 11.8 Å². The van der Waals surface area contributed by atoms with Crippen LogP contribution in [0.25, 0.3) is 0 Å². The molecule has 1 aliphatic heterocycles. The summed E-state index contributed by atoms with van der Waals surface area (Å²) in [5.74, 6) is -0.576. The Bertz CT molecular complexity index is 534. The molecular weight excluding hydrogens is 338 g/mol. The number of rotatable bonds is 4. The summed E-state index contributed by atoms with van der Waals surface area (Å²) in [4.78, 5) is 24.4. The van der Waals surface area contributed by atoms with E-state index in [9.17, 15) is 9.59 Å². The molecule has 5 nitrogen and oxygen atoms in total. The average Bonchev–Trinajstić information content (AvgIpc) is 2.94. The monoisotopic (exact) mass is 355 g/mol. The SMILES string of the molecule is COC(=O)C(Cc1cccc(Br)c1)[C@H]1CCN(C(=O)O)C1. The second-order valence-electron chi connectivity index (χ2n) is 5.24. The summed E-state index contributed by atoms with van der Waals surface area (Å²) in [6.45, 7) is 0.870. The fourth-order valence-corrected chi connectivity index (χ4v) is 3.25. The molecule has 1 amide bonds. The van der Waals surface area contributed by atoms with E-state index in [1.54, 1.807) is 0 Å². The molecule has 1 N–H and O–H groups in total. The van der Waals surface area contributed by atoms with Gasteiger partial charge in [0.25, 0.3) is 0 Å². The van der Waals surface area contributed by atoms with Gasteiger partial charge in [-0.25, -0.2) is 4.79 Å². The molecule has 1 unspecified atom stereocenters. The van der Waals surface area contributed by atoms with Crippen LogP contribution in [0.1, 0.15) is 12.0 Å². The molecule has 1 aromatic carbocycles. The van der Waals surface area contributed by atoms with Gasteiger partial charge in [-0.2, -0.15) is 0 Å². The number of halogens is 1. The van der Waals surface area contributed by atoms with Crippen molar-refractivity contribution < 1.29 is 19.4 Å². The molecule has 1 aliphatic rings. The summed E-state index contributed by atoms with van der Waals surface area (Å²) in [5, 5.41) is 9.04. The van der Waals surface area contributed by atoms with E-state index in [2.05, 4.69) is 15.9 Å². The van der Waals surface area contributed by atoms with Crippen LogP contribution in [0.4, 0.5) is 4.79 Å². The van der Waals surface area contributed by atoms with Crippen LogP contribution < -0.4 is 0 Å². The summed E-state index contributed by atoms with van der Waals surface area (Å²) in [5.41, 5.74) is 1.04. The molecular formula is C15H18BrNO4. The highest BCUT2D eigenvalue weighted by molar-refractivity contribution is 9.10. The Morgan fingerprint density at radius 1 is 1.52 bits per heavy atom. The van der Waals surface area contributed by atoms with E-state index >= 15 is 0 Å². The number of likely N-dealkylation sites (tertiary alicyclic amines) is 1. The number of amides is 1. The molecule has 114 valence electrons. The lowest BCUT2D eigenvalue weighted by molar-refractivity contribution is -0.147. The van der Waals surface area contributed by atoms with Crippen molar-refractivity contribution in [1.82, 2.24) is 4.90 Å². The largest absolute Gasteiger partial charge is 0.469 e. The lowest BCUT2D eigenvalue weighted by Gasteiger charge is -2.21. The minimum absolute atomic E-state index is 0.00697. The van der Waals surface area contributed by atoms with Gasteiger partial charge in [-0.1, -0.05) is 28.1 Å². The summed E-state index contributed by atoms with van der Waals surface area (Å²) >= 11 is 3.42. The number of esters is 1. The summed E-state index contributed by atoms with van der Waals surface area (Å²) in [6, 6.07) is 7.79. The summed E-state index contributed by atoms with van der Waals surface area (Å²) in [6.07, 6.45) is 0.327. The molecule has 6 heteroatoms. The molecule has 2 atom stereocenters. The first-order valence-electron chi connectivity index (χ1n) is 6.81. The zero-order chi connectivity index (χ0) is 15.4. The zero-order valence-electron chi connectivity index (χ0n) is 11.8. The average molecular weight is 356 g/mol. The van der Waals surface area contributed by atoms with E-state index in [0.717, 1.165) is 10.0 Å². The number of benzene rings is 1. The summed E-state index contributed by atoms with van der Waals surface area (Å²) in [7, 11) is 1.38. The number of carbonyl (C=O) groups is 2. The highest BCUT2D eigenvalue weighted by atomic mass is 79.9. The zero-order valence-corrected chi connectivity index (χ0v) is 13.4. The van der Waals surface area contributed by atoms with E-state index in [1.807, 2.05) is 24.3 Å². The lowest BCUT2D eigenvalue weighted by Crippen LogP contribution is -2.32. The van der Waals surface area contributed by atoms with Gasteiger partial charge in [0, 0.05) is 17.6 Å². The molecule has 1 aromatic rings. The quantitative estimate of drug-likeness (QED) is 0.843. The number of carboxylic acid groups (broad SMARTS) is 1. The molecule has 1 saturated heterocycles. The molecule has 0 aliphatic carbocycles. The van der Waals surface area contributed by atoms with Gasteiger partial charge in [-0.3, -0.25) is 4.79 Å². The predicted octanol–water partition coefficient (Wildman–Crippen LogP) is 2.78. The van der Waals surface area contributed by atoms with Crippen LogP contribution in [0.2, 0.25) is 0 Å². The number of carbonyl (C=O) groups excluding carboxylic acids is 1. The van der Waals surface area contributed by atoms with Crippen LogP contribution in [-0.2, 0) is 16.0 Å². The molecule has 0 bridgehead atoms. The van der Waals surface area contributed by atoms with Crippen LogP contribution in [0.3, 0.4) is 0 Å². The Kier molecular flexibility index (Phi) is 5.22. The van der Waals surface area contributed by atoms with E-state index in [0.29, 0.717) is 25.9 Å². The standard InChI is InChI=1S/C15H18BrNO4/c1-21-14(18)13(8-10-3-2-4-12(16)7-10)11-5-6-17(9-11)15(19)20/h2-4,7,11,13H,5-6,8-9H2,1H3,(H,19,20)/t11-,13?/m0/s1. The second kappa shape index (κ2) is 6.93. The molecule has 0 spiro atoms. The van der Waals surface area contributed by atoms with Gasteiger partial charge in [0.05, 0.1) is 13.0 Å². The van der Waals surface area contributed by atoms with Crippen molar-refractivity contribution in [1.29, 1.82) is 0 Å². The maximum Gasteiger partial charge on any atom is 0.407 e. The molecule has 0 aromatic heterocycles. The van der Waals surface area contributed by atoms with Gasteiger partial charge < -0.3 is 14.7 Å². The fourth-order valence-electron chi connectivity index (χ4n) is 2.80. The minimum Gasteiger partial charge on any atom is -0.469 e. The van der Waals surface area contributed by atoms with Crippen LogP contribution in [0.5, 0.6) is 0 Å². The van der Waals surface area contributed by atoms with Gasteiger partial charge in [-0.15, -0.1) is 0 Å². The van der Waals surface area contributed by atoms with Crippen molar-refractivity contribution in [3.63, 3.8) is 0 Å². The van der Waals surface area contributed by atoms with Crippen LogP contribution in [0, 0.1) is 11.8 Å². The minimum atomic E-state index is -0.927. The highest BCUT2D eigenvalue weighted by Gasteiger charge is 2.36. The first-order valence-corrected chi connectivity index (χ1v) is 7.60. The van der Waals surface area contributed by atoms with Crippen molar-refractivity contribution in [3.8, 4) is 0 Å². The number of hydrogen-bond donors (Lipinski definition) is 1. The van der Waals surface area contributed by atoms with Crippen LogP contribution >= 0.6 is 15.9 Å². The van der Waals surface area contributed by atoms with Crippen molar-refractivity contribution >= 4 is 28.0 Å². The molecule has 21 heavy (non-hydrogen) atoms. The van der Waals surface area contributed by atoms with Gasteiger partial charge >= 0.3 is 12.1 Å². The third-order valence-electron chi connectivity index (χ3n) is 3.91. The Morgan fingerprint density at radius 2 is 2.29 bits per heavy atom. The van der Waals surface area contributed by atoms with Gasteiger partial charge in [0.15, 0.2) is 0 Å². The third kappa shape index (κ3) is 3.97. The first-order chi connectivity index (χ1) is 10.0. The van der Waals surface area contributed by atoms with Crippen molar-refractivity contribution in [2.75, 3.05) is 20.2 Å². The number of methoxy groups -OCH3 is 1. The van der Waals surface area contributed by atoms with Gasteiger partial charge in [-0.05, 0) is 36.5 Å². The lowest BCUT2D eigenvalue weighted by atomic mass is 9.86. The number of nitrogens with zero attached hydrogens (tertiary/aromatic N) is 1. The maximum atomic E-state index is 12.1. The Hall–Kier alpha value is -1.56. The molecule has 0 radical (unpaired) electrons. The number of ether oxygens (including phenoxy) is 1. The van der Waals surface area contributed by atoms with E-state index in [4.69, 9.17) is 9.84 Å².